The van der Waals surface area contributed by atoms with Gasteiger partial charge in [-0.25, -0.2) is 9.07 Å². The van der Waals surface area contributed by atoms with Crippen LogP contribution in [-0.4, -0.2) is 37.0 Å². The van der Waals surface area contributed by atoms with Crippen LogP contribution in [0.2, 0.25) is 0 Å². The molecule has 0 radical (unpaired) electrons. The molecule has 8 heteroatoms. The Morgan fingerprint density at radius 2 is 1.66 bits per heavy atom. The number of carbonyl (C=O) groups is 1. The van der Waals surface area contributed by atoms with Crippen molar-refractivity contribution in [1.29, 1.82) is 0 Å². The van der Waals surface area contributed by atoms with Gasteiger partial charge in [0.15, 0.2) is 11.5 Å². The van der Waals surface area contributed by atoms with Gasteiger partial charge >= 0.3 is 0 Å². The summed E-state index contributed by atoms with van der Waals surface area (Å²) in [6.07, 6.45) is 1.94. The molecule has 1 amide bonds. The molecule has 150 valence electrons. The van der Waals surface area contributed by atoms with Crippen molar-refractivity contribution in [2.24, 2.45) is 0 Å². The van der Waals surface area contributed by atoms with Gasteiger partial charge in [0.05, 0.1) is 33.2 Å². The van der Waals surface area contributed by atoms with Crippen molar-refractivity contribution < 1.29 is 23.4 Å². The highest BCUT2D eigenvalue weighted by molar-refractivity contribution is 5.95. The number of benzene rings is 2. The highest BCUT2D eigenvalue weighted by Crippen LogP contribution is 2.45. The number of halogens is 1. The molecule has 0 fully saturated rings. The molecule has 0 bridgehead atoms. The lowest BCUT2D eigenvalue weighted by molar-refractivity contribution is -0.116. The average Bonchev–Trinajstić information content (AvgIpc) is 3.16. The maximum atomic E-state index is 13.3. The number of anilines is 1. The number of fused-ring (bicyclic) bond motifs is 1. The summed E-state index contributed by atoms with van der Waals surface area (Å²) in [5.41, 5.74) is 2.27. The number of aromatic nitrogens is 2. The van der Waals surface area contributed by atoms with Gasteiger partial charge in [-0.2, -0.15) is 5.10 Å². The zero-order valence-electron chi connectivity index (χ0n) is 16.2. The van der Waals surface area contributed by atoms with Crippen LogP contribution in [0.4, 0.5) is 10.2 Å². The van der Waals surface area contributed by atoms with Gasteiger partial charge in [0.2, 0.25) is 5.91 Å². The third-order valence-electron chi connectivity index (χ3n) is 5.00. The van der Waals surface area contributed by atoms with Crippen molar-refractivity contribution in [3.05, 3.63) is 59.5 Å². The topological polar surface area (TPSA) is 74.6 Å². The maximum absolute atomic E-state index is 13.3. The fraction of sp³-hybridized carbons (Fsp3) is 0.238. The predicted octanol–water partition coefficient (Wildman–Crippen LogP) is 3.51. The third-order valence-corrected chi connectivity index (χ3v) is 5.00. The third kappa shape index (κ3) is 3.26. The Morgan fingerprint density at radius 3 is 2.31 bits per heavy atom. The lowest BCUT2D eigenvalue weighted by atomic mass is 9.86. The molecule has 29 heavy (non-hydrogen) atoms. The van der Waals surface area contributed by atoms with E-state index in [-0.39, 0.29) is 24.1 Å². The quantitative estimate of drug-likeness (QED) is 0.713. The molecule has 0 aliphatic carbocycles. The first-order valence-electron chi connectivity index (χ1n) is 8.99. The summed E-state index contributed by atoms with van der Waals surface area (Å²) in [4.78, 5) is 12.5. The molecular weight excluding hydrogens is 377 g/mol. The molecule has 1 aliphatic rings. The summed E-state index contributed by atoms with van der Waals surface area (Å²) in [5, 5.41) is 7.30. The lowest BCUT2D eigenvalue weighted by Gasteiger charge is -2.26. The van der Waals surface area contributed by atoms with Crippen LogP contribution in [0.3, 0.4) is 0 Å². The molecule has 1 aromatic heterocycles. The van der Waals surface area contributed by atoms with Gasteiger partial charge in [0.25, 0.3) is 0 Å². The molecule has 0 spiro atoms. The molecule has 1 N–H and O–H groups in total. The fourth-order valence-corrected chi connectivity index (χ4v) is 3.60. The predicted molar refractivity (Wildman–Crippen MR) is 105 cm³/mol. The van der Waals surface area contributed by atoms with Crippen LogP contribution in [0.25, 0.3) is 5.69 Å². The standard InChI is InChI=1S/C21H20FN3O4/c1-27-17-10-19(29-3)18(28-2)8-15(17)14-9-20(26)24-21-16(14)11-23-25(21)13-6-4-12(22)5-7-13/h4-8,10-11,14H,9H2,1-3H3,(H,24,26)/t14-/m1/s1. The van der Waals surface area contributed by atoms with Gasteiger partial charge in [-0.1, -0.05) is 0 Å². The van der Waals surface area contributed by atoms with Crippen LogP contribution in [0.1, 0.15) is 23.5 Å². The van der Waals surface area contributed by atoms with Crippen LogP contribution in [0.5, 0.6) is 17.2 Å². The summed E-state index contributed by atoms with van der Waals surface area (Å²) < 4.78 is 31.2. The number of amides is 1. The van der Waals surface area contributed by atoms with Gasteiger partial charge in [-0.3, -0.25) is 4.79 Å². The summed E-state index contributed by atoms with van der Waals surface area (Å²) >= 11 is 0. The van der Waals surface area contributed by atoms with E-state index in [9.17, 15) is 9.18 Å². The van der Waals surface area contributed by atoms with Gasteiger partial charge in [0.1, 0.15) is 17.4 Å². The smallest absolute Gasteiger partial charge is 0.226 e. The minimum Gasteiger partial charge on any atom is -0.496 e. The highest BCUT2D eigenvalue weighted by atomic mass is 19.1. The molecule has 1 atom stereocenters. The molecule has 4 rings (SSSR count). The van der Waals surface area contributed by atoms with Gasteiger partial charge < -0.3 is 19.5 Å². The zero-order chi connectivity index (χ0) is 20.5. The highest BCUT2D eigenvalue weighted by Gasteiger charge is 2.33. The Balaban J connectivity index is 1.84. The summed E-state index contributed by atoms with van der Waals surface area (Å²) in [6.45, 7) is 0. The van der Waals surface area contributed by atoms with Crippen molar-refractivity contribution in [1.82, 2.24) is 9.78 Å². The molecule has 0 saturated carbocycles. The average molecular weight is 397 g/mol. The zero-order valence-corrected chi connectivity index (χ0v) is 16.2. The minimum absolute atomic E-state index is 0.150. The van der Waals surface area contributed by atoms with Crippen LogP contribution in [-0.2, 0) is 4.79 Å². The maximum Gasteiger partial charge on any atom is 0.226 e. The van der Waals surface area contributed by atoms with E-state index in [1.54, 1.807) is 50.4 Å². The molecule has 0 unspecified atom stereocenters. The molecule has 2 aromatic carbocycles. The van der Waals surface area contributed by atoms with Gasteiger partial charge in [0, 0.05) is 29.5 Å². The van der Waals surface area contributed by atoms with E-state index in [1.807, 2.05) is 6.07 Å². The van der Waals surface area contributed by atoms with E-state index >= 15 is 0 Å². The van der Waals surface area contributed by atoms with Crippen molar-refractivity contribution >= 4 is 11.7 Å². The summed E-state index contributed by atoms with van der Waals surface area (Å²) in [7, 11) is 4.67. The van der Waals surface area contributed by atoms with Gasteiger partial charge in [-0.05, 0) is 30.3 Å². The number of carbonyl (C=O) groups excluding carboxylic acids is 1. The van der Waals surface area contributed by atoms with E-state index in [2.05, 4.69) is 10.4 Å². The molecular formula is C21H20FN3O4. The number of ether oxygens (including phenoxy) is 3. The van der Waals surface area contributed by atoms with Crippen LogP contribution < -0.4 is 19.5 Å². The Morgan fingerprint density at radius 1 is 1.00 bits per heavy atom. The molecule has 1 aliphatic heterocycles. The molecule has 3 aromatic rings. The van der Waals surface area contributed by atoms with Crippen molar-refractivity contribution in [3.8, 4) is 22.9 Å². The first-order chi connectivity index (χ1) is 14.0. The van der Waals surface area contributed by atoms with Crippen molar-refractivity contribution in [2.75, 3.05) is 26.6 Å². The fourth-order valence-electron chi connectivity index (χ4n) is 3.60. The SMILES string of the molecule is COc1cc(OC)c([C@H]2CC(=O)Nc3c2cnn3-c2ccc(F)cc2)cc1OC. The number of hydrogen-bond acceptors (Lipinski definition) is 5. The normalized spacial score (nSPS) is 15.4. The Kier molecular flexibility index (Phi) is 4.84. The first kappa shape index (κ1) is 18.8. The second-order valence-corrected chi connectivity index (χ2v) is 6.59. The number of hydrogen-bond donors (Lipinski definition) is 1. The lowest BCUT2D eigenvalue weighted by Crippen LogP contribution is -2.25. The number of rotatable bonds is 5. The molecule has 0 saturated heterocycles. The Hall–Kier alpha value is -3.55. The van der Waals surface area contributed by atoms with Crippen LogP contribution in [0, 0.1) is 5.82 Å². The number of nitrogens with one attached hydrogen (secondary N) is 1. The van der Waals surface area contributed by atoms with E-state index in [1.165, 1.54) is 12.1 Å². The van der Waals surface area contributed by atoms with E-state index in [4.69, 9.17) is 14.2 Å². The van der Waals surface area contributed by atoms with Crippen LogP contribution >= 0.6 is 0 Å². The second kappa shape index (κ2) is 7.46. The monoisotopic (exact) mass is 397 g/mol. The molecule has 2 heterocycles. The number of nitrogens with zero attached hydrogens (tertiary/aromatic N) is 2. The van der Waals surface area contributed by atoms with E-state index in [0.717, 1.165) is 11.1 Å². The molecule has 7 nitrogen and oxygen atoms in total. The first-order valence-corrected chi connectivity index (χ1v) is 8.99. The van der Waals surface area contributed by atoms with E-state index in [0.29, 0.717) is 28.8 Å². The van der Waals surface area contributed by atoms with Crippen molar-refractivity contribution in [3.63, 3.8) is 0 Å². The minimum atomic E-state index is -0.341. The van der Waals surface area contributed by atoms with Crippen LogP contribution in [0.15, 0.2) is 42.6 Å². The largest absolute Gasteiger partial charge is 0.496 e. The number of methoxy groups -OCH3 is 3. The second-order valence-electron chi connectivity index (χ2n) is 6.59. The van der Waals surface area contributed by atoms with Gasteiger partial charge in [-0.15, -0.1) is 0 Å². The summed E-state index contributed by atoms with van der Waals surface area (Å²) in [5.74, 6) is 1.44. The Labute approximate surface area is 167 Å². The van der Waals surface area contributed by atoms with Crippen molar-refractivity contribution in [2.45, 2.75) is 12.3 Å². The Bertz CT molecular complexity index is 1060. The van der Waals surface area contributed by atoms with E-state index < -0.39 is 0 Å². The summed E-state index contributed by atoms with van der Waals surface area (Å²) in [6, 6.07) is 9.47.